The first-order valence-electron chi connectivity index (χ1n) is 7.75. The molecular formula is C16H22F3NO2. The third kappa shape index (κ3) is 6.56. The lowest BCUT2D eigenvalue weighted by molar-refractivity contribution is -0.274. The lowest BCUT2D eigenvalue weighted by Crippen LogP contribution is -2.20. The number of hydrogen-bond acceptors (Lipinski definition) is 3. The Morgan fingerprint density at radius 3 is 2.41 bits per heavy atom. The number of nitrogens with one attached hydrogen (secondary N) is 1. The van der Waals surface area contributed by atoms with E-state index in [2.05, 4.69) is 10.1 Å². The molecule has 0 saturated carbocycles. The summed E-state index contributed by atoms with van der Waals surface area (Å²) in [5, 5.41) is 3.47. The van der Waals surface area contributed by atoms with E-state index in [1.54, 1.807) is 0 Å². The van der Waals surface area contributed by atoms with E-state index in [0.717, 1.165) is 19.4 Å². The van der Waals surface area contributed by atoms with E-state index in [1.165, 1.54) is 49.9 Å². The van der Waals surface area contributed by atoms with Crippen molar-refractivity contribution >= 4 is 0 Å². The molecule has 1 aliphatic heterocycles. The van der Waals surface area contributed by atoms with E-state index in [4.69, 9.17) is 4.74 Å². The molecule has 1 aliphatic rings. The van der Waals surface area contributed by atoms with Crippen LogP contribution in [0, 0.1) is 0 Å². The Labute approximate surface area is 128 Å². The summed E-state index contributed by atoms with van der Waals surface area (Å²) < 4.78 is 45.4. The van der Waals surface area contributed by atoms with Gasteiger partial charge in [-0.2, -0.15) is 0 Å². The Kier molecular flexibility index (Phi) is 6.36. The van der Waals surface area contributed by atoms with E-state index in [1.807, 2.05) is 0 Å². The van der Waals surface area contributed by atoms with Crippen molar-refractivity contribution in [2.45, 2.75) is 50.9 Å². The van der Waals surface area contributed by atoms with Gasteiger partial charge in [-0.15, -0.1) is 13.2 Å². The third-order valence-corrected chi connectivity index (χ3v) is 3.69. The van der Waals surface area contributed by atoms with Crippen molar-refractivity contribution in [2.75, 3.05) is 13.2 Å². The fourth-order valence-corrected chi connectivity index (χ4v) is 2.60. The van der Waals surface area contributed by atoms with Crippen molar-refractivity contribution in [3.8, 4) is 11.5 Å². The summed E-state index contributed by atoms with van der Waals surface area (Å²) in [5.74, 6) is 0.330. The van der Waals surface area contributed by atoms with Gasteiger partial charge in [-0.05, 0) is 56.5 Å². The first kappa shape index (κ1) is 16.9. The molecule has 1 aromatic carbocycles. The smallest absolute Gasteiger partial charge is 0.494 e. The molecule has 0 aliphatic carbocycles. The van der Waals surface area contributed by atoms with Crippen LogP contribution in [0.1, 0.15) is 38.5 Å². The third-order valence-electron chi connectivity index (χ3n) is 3.69. The van der Waals surface area contributed by atoms with E-state index in [-0.39, 0.29) is 5.75 Å². The molecule has 1 atom stereocenters. The number of rotatable bonds is 8. The molecule has 0 spiro atoms. The monoisotopic (exact) mass is 317 g/mol. The highest BCUT2D eigenvalue weighted by atomic mass is 19.4. The summed E-state index contributed by atoms with van der Waals surface area (Å²) >= 11 is 0. The van der Waals surface area contributed by atoms with Crippen LogP contribution in [-0.2, 0) is 0 Å². The van der Waals surface area contributed by atoms with Crippen LogP contribution in [0.15, 0.2) is 24.3 Å². The van der Waals surface area contributed by atoms with Crippen LogP contribution in [0.5, 0.6) is 11.5 Å². The van der Waals surface area contributed by atoms with Crippen LogP contribution in [0.4, 0.5) is 13.2 Å². The van der Waals surface area contributed by atoms with Gasteiger partial charge in [0, 0.05) is 6.04 Å². The zero-order valence-electron chi connectivity index (χ0n) is 12.5. The van der Waals surface area contributed by atoms with E-state index in [9.17, 15) is 13.2 Å². The van der Waals surface area contributed by atoms with Crippen molar-refractivity contribution in [2.24, 2.45) is 0 Å². The standard InChI is InChI=1S/C16H22F3NO2/c17-16(18,19)22-15-9-7-14(8-10-15)21-12-3-1-2-5-13-6-4-11-20-13/h7-10,13,20H,1-6,11-12H2. The SMILES string of the molecule is FC(F)(F)Oc1ccc(OCCCCCC2CCCN2)cc1. The topological polar surface area (TPSA) is 30.5 Å². The Morgan fingerprint density at radius 1 is 1.05 bits per heavy atom. The predicted octanol–water partition coefficient (Wildman–Crippen LogP) is 4.28. The average Bonchev–Trinajstić information content (AvgIpc) is 2.96. The summed E-state index contributed by atoms with van der Waals surface area (Å²) in [5.41, 5.74) is 0. The molecule has 0 amide bonds. The molecule has 3 nitrogen and oxygen atoms in total. The van der Waals surface area contributed by atoms with E-state index in [0.29, 0.717) is 18.4 Å². The van der Waals surface area contributed by atoms with Crippen molar-refractivity contribution in [3.63, 3.8) is 0 Å². The minimum atomic E-state index is -4.66. The fourth-order valence-electron chi connectivity index (χ4n) is 2.60. The van der Waals surface area contributed by atoms with Gasteiger partial charge in [0.15, 0.2) is 0 Å². The summed E-state index contributed by atoms with van der Waals surface area (Å²) in [6.45, 7) is 1.72. The van der Waals surface area contributed by atoms with Crippen LogP contribution in [0.2, 0.25) is 0 Å². The fraction of sp³-hybridized carbons (Fsp3) is 0.625. The second kappa shape index (κ2) is 8.27. The molecule has 1 fully saturated rings. The molecule has 2 rings (SSSR count). The first-order valence-corrected chi connectivity index (χ1v) is 7.75. The van der Waals surface area contributed by atoms with Crippen molar-refractivity contribution in [1.29, 1.82) is 0 Å². The van der Waals surface area contributed by atoms with Crippen LogP contribution >= 0.6 is 0 Å². The summed E-state index contributed by atoms with van der Waals surface area (Å²) in [6, 6.07) is 6.18. The van der Waals surface area contributed by atoms with E-state index >= 15 is 0 Å². The molecule has 22 heavy (non-hydrogen) atoms. The molecule has 1 saturated heterocycles. The van der Waals surface area contributed by atoms with Crippen molar-refractivity contribution < 1.29 is 22.6 Å². The maximum absolute atomic E-state index is 12.0. The van der Waals surface area contributed by atoms with Gasteiger partial charge in [0.05, 0.1) is 6.61 Å². The average molecular weight is 317 g/mol. The van der Waals surface area contributed by atoms with Crippen LogP contribution < -0.4 is 14.8 Å². The second-order valence-corrected chi connectivity index (χ2v) is 5.51. The molecule has 1 unspecified atom stereocenters. The molecule has 0 bridgehead atoms. The summed E-state index contributed by atoms with van der Waals surface area (Å²) in [4.78, 5) is 0. The van der Waals surface area contributed by atoms with Gasteiger partial charge >= 0.3 is 6.36 Å². The molecular weight excluding hydrogens is 295 g/mol. The summed E-state index contributed by atoms with van der Waals surface area (Å²) in [7, 11) is 0. The zero-order chi connectivity index (χ0) is 15.8. The van der Waals surface area contributed by atoms with Crippen molar-refractivity contribution in [3.05, 3.63) is 24.3 Å². The lowest BCUT2D eigenvalue weighted by atomic mass is 10.1. The van der Waals surface area contributed by atoms with Gasteiger partial charge in [-0.3, -0.25) is 0 Å². The molecule has 124 valence electrons. The minimum Gasteiger partial charge on any atom is -0.494 e. The number of unbranched alkanes of at least 4 members (excludes halogenated alkanes) is 2. The second-order valence-electron chi connectivity index (χ2n) is 5.51. The van der Waals surface area contributed by atoms with Gasteiger partial charge < -0.3 is 14.8 Å². The highest BCUT2D eigenvalue weighted by Gasteiger charge is 2.30. The number of hydrogen-bond donors (Lipinski definition) is 1. The Hall–Kier alpha value is -1.43. The van der Waals surface area contributed by atoms with Crippen LogP contribution in [0.25, 0.3) is 0 Å². The normalized spacial score (nSPS) is 18.4. The molecule has 0 aromatic heterocycles. The lowest BCUT2D eigenvalue weighted by Gasteiger charge is -2.11. The van der Waals surface area contributed by atoms with Gasteiger partial charge in [-0.25, -0.2) is 0 Å². The number of alkyl halides is 3. The molecule has 0 radical (unpaired) electrons. The van der Waals surface area contributed by atoms with Gasteiger partial charge in [0.25, 0.3) is 0 Å². The van der Waals surface area contributed by atoms with Crippen LogP contribution in [0.3, 0.4) is 0 Å². The highest BCUT2D eigenvalue weighted by Crippen LogP contribution is 2.24. The Balaban J connectivity index is 1.56. The predicted molar refractivity (Wildman–Crippen MR) is 78.1 cm³/mol. The molecule has 1 aromatic rings. The molecule has 6 heteroatoms. The zero-order valence-corrected chi connectivity index (χ0v) is 12.5. The van der Waals surface area contributed by atoms with Gasteiger partial charge in [0.2, 0.25) is 0 Å². The minimum absolute atomic E-state index is 0.232. The number of benzene rings is 1. The maximum Gasteiger partial charge on any atom is 0.573 e. The van der Waals surface area contributed by atoms with Crippen LogP contribution in [-0.4, -0.2) is 25.6 Å². The number of halogens is 3. The van der Waals surface area contributed by atoms with E-state index < -0.39 is 6.36 Å². The summed E-state index contributed by atoms with van der Waals surface area (Å²) in [6.07, 6.45) is 2.35. The van der Waals surface area contributed by atoms with Gasteiger partial charge in [0.1, 0.15) is 11.5 Å². The Bertz CT molecular complexity index is 428. The molecule has 1 heterocycles. The largest absolute Gasteiger partial charge is 0.573 e. The first-order chi connectivity index (χ1) is 10.5. The maximum atomic E-state index is 12.0. The highest BCUT2D eigenvalue weighted by molar-refractivity contribution is 5.31. The quantitative estimate of drug-likeness (QED) is 0.726. The molecule has 1 N–H and O–H groups in total. The van der Waals surface area contributed by atoms with Crippen molar-refractivity contribution in [1.82, 2.24) is 5.32 Å². The van der Waals surface area contributed by atoms with Gasteiger partial charge in [-0.1, -0.05) is 12.8 Å². The number of ether oxygens (including phenoxy) is 2. The Morgan fingerprint density at radius 2 is 1.77 bits per heavy atom.